The largest absolute Gasteiger partial charge is 0.377 e. The maximum atomic E-state index is 12.1. The molecule has 1 aromatic heterocycles. The second kappa shape index (κ2) is 6.76. The molecule has 2 aromatic rings. The fourth-order valence-electron chi connectivity index (χ4n) is 2.22. The monoisotopic (exact) mass is 302 g/mol. The molecule has 112 valence electrons. The topological polar surface area (TPSA) is 32.3 Å². The minimum atomic E-state index is 0.0298. The van der Waals surface area contributed by atoms with Gasteiger partial charge in [0.2, 0.25) is 0 Å². The number of benzene rings is 1. The molecule has 0 bridgehead atoms. The zero-order valence-electron chi connectivity index (χ0n) is 13.0. The number of thiophene rings is 1. The van der Waals surface area contributed by atoms with E-state index in [9.17, 15) is 4.79 Å². The van der Waals surface area contributed by atoms with Gasteiger partial charge in [0.05, 0.1) is 6.04 Å². The minimum absolute atomic E-state index is 0.0298. The number of hydrogen-bond acceptors (Lipinski definition) is 3. The highest BCUT2D eigenvalue weighted by molar-refractivity contribution is 7.10. The Morgan fingerprint density at radius 1 is 1.33 bits per heavy atom. The van der Waals surface area contributed by atoms with Crippen LogP contribution in [0.15, 0.2) is 35.7 Å². The molecule has 0 spiro atoms. The van der Waals surface area contributed by atoms with E-state index in [0.717, 1.165) is 17.7 Å². The molecule has 0 aliphatic heterocycles. The van der Waals surface area contributed by atoms with Gasteiger partial charge >= 0.3 is 0 Å². The Morgan fingerprint density at radius 2 is 2.10 bits per heavy atom. The van der Waals surface area contributed by atoms with E-state index in [4.69, 9.17) is 0 Å². The summed E-state index contributed by atoms with van der Waals surface area (Å²) in [7, 11) is 3.55. The molecule has 1 unspecified atom stereocenters. The van der Waals surface area contributed by atoms with Gasteiger partial charge in [0.1, 0.15) is 0 Å². The van der Waals surface area contributed by atoms with Crippen LogP contribution in [-0.2, 0) is 0 Å². The third-order valence-corrected chi connectivity index (χ3v) is 4.50. The van der Waals surface area contributed by atoms with E-state index in [-0.39, 0.29) is 11.9 Å². The van der Waals surface area contributed by atoms with Crippen molar-refractivity contribution in [1.82, 2.24) is 4.90 Å². The summed E-state index contributed by atoms with van der Waals surface area (Å²) in [5.74, 6) is 0.0298. The Bertz CT molecular complexity index is 605. The van der Waals surface area contributed by atoms with E-state index >= 15 is 0 Å². The van der Waals surface area contributed by atoms with E-state index < -0.39 is 0 Å². The van der Waals surface area contributed by atoms with Gasteiger partial charge in [-0.15, -0.1) is 11.3 Å². The van der Waals surface area contributed by atoms with Gasteiger partial charge in [-0.25, -0.2) is 0 Å². The summed E-state index contributed by atoms with van der Waals surface area (Å²) in [6.45, 7) is 4.23. The van der Waals surface area contributed by atoms with Crippen molar-refractivity contribution < 1.29 is 4.79 Å². The fraction of sp³-hybridized carbons (Fsp3) is 0.353. The second-order valence-corrected chi connectivity index (χ2v) is 6.33. The van der Waals surface area contributed by atoms with Crippen molar-refractivity contribution in [2.75, 3.05) is 19.4 Å². The van der Waals surface area contributed by atoms with Crippen LogP contribution in [-0.4, -0.2) is 24.9 Å². The Morgan fingerprint density at radius 3 is 2.67 bits per heavy atom. The summed E-state index contributed by atoms with van der Waals surface area (Å²) in [6, 6.07) is 10.3. The second-order valence-electron chi connectivity index (χ2n) is 5.35. The van der Waals surface area contributed by atoms with Gasteiger partial charge in [0.15, 0.2) is 0 Å². The summed E-state index contributed by atoms with van der Waals surface area (Å²) in [5, 5.41) is 5.67. The number of hydrogen-bond donors (Lipinski definition) is 1. The van der Waals surface area contributed by atoms with Gasteiger partial charge < -0.3 is 10.2 Å². The molecule has 0 saturated heterocycles. The first-order valence-corrected chi connectivity index (χ1v) is 8.03. The molecule has 0 aliphatic carbocycles. The number of rotatable bonds is 5. The third kappa shape index (κ3) is 3.64. The zero-order chi connectivity index (χ0) is 15.4. The molecule has 0 aliphatic rings. The zero-order valence-corrected chi connectivity index (χ0v) is 13.8. The van der Waals surface area contributed by atoms with Gasteiger partial charge in [-0.2, -0.15) is 0 Å². The predicted molar refractivity (Wildman–Crippen MR) is 90.2 cm³/mol. The van der Waals surface area contributed by atoms with Crippen LogP contribution in [0.4, 0.5) is 5.69 Å². The average molecular weight is 302 g/mol. The molecule has 1 N–H and O–H groups in total. The summed E-state index contributed by atoms with van der Waals surface area (Å²) in [6.07, 6.45) is 1.01. The SMILES string of the molecule is CCC(Nc1cc(C(=O)N(C)C)ccc1C)c1cccs1. The number of nitrogens with one attached hydrogen (secondary N) is 1. The summed E-state index contributed by atoms with van der Waals surface area (Å²) < 4.78 is 0. The number of aryl methyl sites for hydroxylation is 1. The number of carbonyl (C=O) groups excluding carboxylic acids is 1. The Labute approximate surface area is 130 Å². The van der Waals surface area contributed by atoms with Gasteiger partial charge in [-0.1, -0.05) is 19.1 Å². The van der Waals surface area contributed by atoms with Crippen molar-refractivity contribution >= 4 is 22.9 Å². The normalized spacial score (nSPS) is 12.0. The van der Waals surface area contributed by atoms with E-state index in [0.29, 0.717) is 5.56 Å². The van der Waals surface area contributed by atoms with Crippen LogP contribution in [0, 0.1) is 6.92 Å². The van der Waals surface area contributed by atoms with Crippen molar-refractivity contribution in [2.24, 2.45) is 0 Å². The molecule has 1 aromatic carbocycles. The van der Waals surface area contributed by atoms with Crippen LogP contribution in [0.3, 0.4) is 0 Å². The van der Waals surface area contributed by atoms with E-state index in [1.807, 2.05) is 18.2 Å². The number of anilines is 1. The molecule has 21 heavy (non-hydrogen) atoms. The van der Waals surface area contributed by atoms with Crippen LogP contribution in [0.25, 0.3) is 0 Å². The molecule has 0 radical (unpaired) electrons. The van der Waals surface area contributed by atoms with Crippen molar-refractivity contribution in [3.8, 4) is 0 Å². The Hall–Kier alpha value is -1.81. The van der Waals surface area contributed by atoms with Crippen molar-refractivity contribution in [3.05, 3.63) is 51.7 Å². The lowest BCUT2D eigenvalue weighted by Crippen LogP contribution is -2.22. The predicted octanol–water partition coefficient (Wildman–Crippen LogP) is 4.32. The maximum Gasteiger partial charge on any atom is 0.253 e. The molecule has 3 nitrogen and oxygen atoms in total. The first-order valence-electron chi connectivity index (χ1n) is 7.15. The summed E-state index contributed by atoms with van der Waals surface area (Å²) >= 11 is 1.76. The number of amides is 1. The Kier molecular flexibility index (Phi) is 5.02. The molecule has 1 amide bonds. The van der Waals surface area contributed by atoms with Gasteiger partial charge in [0, 0.05) is 30.2 Å². The highest BCUT2D eigenvalue weighted by Crippen LogP contribution is 2.28. The Balaban J connectivity index is 2.26. The molecular weight excluding hydrogens is 280 g/mol. The highest BCUT2D eigenvalue weighted by Gasteiger charge is 2.14. The fourth-order valence-corrected chi connectivity index (χ4v) is 3.08. The average Bonchev–Trinajstić information content (AvgIpc) is 2.99. The lowest BCUT2D eigenvalue weighted by atomic mass is 10.1. The van der Waals surface area contributed by atoms with Crippen LogP contribution < -0.4 is 5.32 Å². The highest BCUT2D eigenvalue weighted by atomic mass is 32.1. The quantitative estimate of drug-likeness (QED) is 0.892. The van der Waals surface area contributed by atoms with Crippen LogP contribution in [0.5, 0.6) is 0 Å². The van der Waals surface area contributed by atoms with Gasteiger partial charge in [-0.05, 0) is 42.5 Å². The van der Waals surface area contributed by atoms with Gasteiger partial charge in [0.25, 0.3) is 5.91 Å². The van der Waals surface area contributed by atoms with Crippen molar-refractivity contribution in [2.45, 2.75) is 26.3 Å². The lowest BCUT2D eigenvalue weighted by molar-refractivity contribution is 0.0827. The third-order valence-electron chi connectivity index (χ3n) is 3.52. The van der Waals surface area contributed by atoms with Crippen molar-refractivity contribution in [1.29, 1.82) is 0 Å². The van der Waals surface area contributed by atoms with Gasteiger partial charge in [-0.3, -0.25) is 4.79 Å². The summed E-state index contributed by atoms with van der Waals surface area (Å²) in [4.78, 5) is 15.0. The van der Waals surface area contributed by atoms with Crippen molar-refractivity contribution in [3.63, 3.8) is 0 Å². The molecule has 0 saturated carbocycles. The molecule has 4 heteroatoms. The van der Waals surface area contributed by atoms with E-state index in [1.165, 1.54) is 4.88 Å². The molecule has 1 atom stereocenters. The van der Waals surface area contributed by atoms with Crippen LogP contribution in [0.2, 0.25) is 0 Å². The first kappa shape index (κ1) is 15.6. The van der Waals surface area contributed by atoms with E-state index in [1.54, 1.807) is 30.3 Å². The lowest BCUT2D eigenvalue weighted by Gasteiger charge is -2.20. The van der Waals surface area contributed by atoms with E-state index in [2.05, 4.69) is 36.7 Å². The van der Waals surface area contributed by atoms with Crippen LogP contribution >= 0.6 is 11.3 Å². The standard InChI is InChI=1S/C17H22N2OS/c1-5-14(16-7-6-10-21-16)18-15-11-13(9-8-12(15)2)17(20)19(3)4/h6-11,14,18H,5H2,1-4H3. The number of carbonyl (C=O) groups is 1. The molecule has 1 heterocycles. The smallest absolute Gasteiger partial charge is 0.253 e. The summed E-state index contributed by atoms with van der Waals surface area (Å²) in [5.41, 5.74) is 2.90. The molecule has 0 fully saturated rings. The first-order chi connectivity index (χ1) is 10.0. The molecule has 2 rings (SSSR count). The minimum Gasteiger partial charge on any atom is -0.377 e. The molecular formula is C17H22N2OS. The number of nitrogens with zero attached hydrogens (tertiary/aromatic N) is 1. The maximum absolute atomic E-state index is 12.1. The van der Waals surface area contributed by atoms with Crippen LogP contribution in [0.1, 0.15) is 40.2 Å².